The predicted molar refractivity (Wildman–Crippen MR) is 113 cm³/mol. The molecule has 1 aromatic carbocycles. The van der Waals surface area contributed by atoms with Gasteiger partial charge in [-0.25, -0.2) is 4.79 Å². The molecule has 3 rings (SSSR count). The van der Waals surface area contributed by atoms with E-state index < -0.39 is 5.63 Å². The third-order valence-electron chi connectivity index (χ3n) is 5.28. The van der Waals surface area contributed by atoms with Crippen LogP contribution in [0.15, 0.2) is 62.8 Å². The number of rotatable bonds is 9. The maximum atomic E-state index is 11.7. The fourth-order valence-corrected chi connectivity index (χ4v) is 3.32. The van der Waals surface area contributed by atoms with E-state index in [9.17, 15) is 4.79 Å². The Morgan fingerprint density at radius 1 is 1.14 bits per heavy atom. The fourth-order valence-electron chi connectivity index (χ4n) is 3.32. The number of epoxide rings is 1. The van der Waals surface area contributed by atoms with Crippen LogP contribution in [0.2, 0.25) is 0 Å². The van der Waals surface area contributed by atoms with Crippen molar-refractivity contribution in [1.82, 2.24) is 0 Å². The van der Waals surface area contributed by atoms with Crippen molar-refractivity contribution in [2.45, 2.75) is 65.1 Å². The SMILES string of the molecule is C/C(=C\COc1cc(=O)oc2ccccc12)CC/C=C(\C)CCC1OC1(C)C. The van der Waals surface area contributed by atoms with Gasteiger partial charge in [-0.05, 0) is 71.6 Å². The highest BCUT2D eigenvalue weighted by Gasteiger charge is 2.46. The molecule has 4 nitrogen and oxygen atoms in total. The van der Waals surface area contributed by atoms with Gasteiger partial charge in [0.25, 0.3) is 0 Å². The first-order valence-corrected chi connectivity index (χ1v) is 10.00. The Bertz CT molecular complexity index is 933. The smallest absolute Gasteiger partial charge is 0.339 e. The van der Waals surface area contributed by atoms with E-state index in [0.29, 0.717) is 24.0 Å². The fraction of sp³-hybridized carbons (Fsp3) is 0.458. The maximum Gasteiger partial charge on any atom is 0.339 e. The number of para-hydroxylation sites is 1. The molecule has 1 atom stereocenters. The average Bonchev–Trinajstić information content (AvgIpc) is 3.26. The Balaban J connectivity index is 1.45. The van der Waals surface area contributed by atoms with E-state index in [4.69, 9.17) is 13.9 Å². The van der Waals surface area contributed by atoms with E-state index in [1.807, 2.05) is 18.2 Å². The molecular formula is C24H30O4. The van der Waals surface area contributed by atoms with Crippen LogP contribution in [0.4, 0.5) is 0 Å². The second kappa shape index (κ2) is 8.78. The summed E-state index contributed by atoms with van der Waals surface area (Å²) in [7, 11) is 0. The molecule has 1 aliphatic heterocycles. The summed E-state index contributed by atoms with van der Waals surface area (Å²) in [5.74, 6) is 0.567. The van der Waals surface area contributed by atoms with Gasteiger partial charge in [0.2, 0.25) is 0 Å². The van der Waals surface area contributed by atoms with Crippen LogP contribution < -0.4 is 10.4 Å². The van der Waals surface area contributed by atoms with Gasteiger partial charge in [0, 0.05) is 0 Å². The minimum absolute atomic E-state index is 0.0879. The normalized spacial score (nSPS) is 19.1. The molecule has 0 saturated carbocycles. The highest BCUT2D eigenvalue weighted by atomic mass is 16.6. The summed E-state index contributed by atoms with van der Waals surface area (Å²) in [6.45, 7) is 9.06. The van der Waals surface area contributed by atoms with Gasteiger partial charge in [0.15, 0.2) is 0 Å². The molecule has 1 aliphatic rings. The Hall–Kier alpha value is -2.33. The molecule has 1 unspecified atom stereocenters. The van der Waals surface area contributed by atoms with E-state index in [-0.39, 0.29) is 5.60 Å². The molecule has 1 fully saturated rings. The van der Waals surface area contributed by atoms with Crippen LogP contribution in [-0.4, -0.2) is 18.3 Å². The highest BCUT2D eigenvalue weighted by molar-refractivity contribution is 5.82. The first-order chi connectivity index (χ1) is 13.3. The maximum absolute atomic E-state index is 11.7. The third-order valence-corrected chi connectivity index (χ3v) is 5.28. The standard InChI is InChI=1S/C24H30O4/c1-17(12-13-22-24(3,4)28-22)8-7-9-18(2)14-15-26-21-16-23(25)27-20-11-6-5-10-19(20)21/h5-6,8,10-11,14,16,22H,7,9,12-13,15H2,1-4H3/b17-8+,18-14+. The summed E-state index contributed by atoms with van der Waals surface area (Å²) in [6.07, 6.45) is 9.06. The summed E-state index contributed by atoms with van der Waals surface area (Å²) in [6, 6.07) is 8.82. The molecule has 0 N–H and O–H groups in total. The first kappa shape index (κ1) is 20.4. The number of hydrogen-bond donors (Lipinski definition) is 0. The molecule has 150 valence electrons. The van der Waals surface area contributed by atoms with Crippen molar-refractivity contribution in [3.05, 3.63) is 64.1 Å². The zero-order chi connectivity index (χ0) is 20.1. The zero-order valence-electron chi connectivity index (χ0n) is 17.3. The Kier molecular flexibility index (Phi) is 6.40. The van der Waals surface area contributed by atoms with Gasteiger partial charge < -0.3 is 13.9 Å². The van der Waals surface area contributed by atoms with Gasteiger partial charge in [-0.3, -0.25) is 0 Å². The van der Waals surface area contributed by atoms with E-state index in [2.05, 4.69) is 39.8 Å². The van der Waals surface area contributed by atoms with E-state index >= 15 is 0 Å². The molecule has 0 spiro atoms. The summed E-state index contributed by atoms with van der Waals surface area (Å²) in [4.78, 5) is 11.7. The zero-order valence-corrected chi connectivity index (χ0v) is 17.3. The van der Waals surface area contributed by atoms with Gasteiger partial charge in [-0.1, -0.05) is 29.4 Å². The Morgan fingerprint density at radius 3 is 2.61 bits per heavy atom. The van der Waals surface area contributed by atoms with Crippen LogP contribution >= 0.6 is 0 Å². The number of fused-ring (bicyclic) bond motifs is 1. The van der Waals surface area contributed by atoms with Crippen molar-refractivity contribution in [2.24, 2.45) is 0 Å². The molecule has 1 aromatic heterocycles. The second-order valence-electron chi connectivity index (χ2n) is 8.13. The lowest BCUT2D eigenvalue weighted by molar-refractivity contribution is 0.320. The second-order valence-corrected chi connectivity index (χ2v) is 8.13. The molecule has 0 amide bonds. The monoisotopic (exact) mass is 382 g/mol. The largest absolute Gasteiger partial charge is 0.488 e. The minimum Gasteiger partial charge on any atom is -0.488 e. The third kappa shape index (κ3) is 5.59. The highest BCUT2D eigenvalue weighted by Crippen LogP contribution is 2.38. The van der Waals surface area contributed by atoms with Crippen LogP contribution in [0.25, 0.3) is 11.0 Å². The summed E-state index contributed by atoms with van der Waals surface area (Å²) >= 11 is 0. The topological polar surface area (TPSA) is 52.0 Å². The number of ether oxygens (including phenoxy) is 2. The lowest BCUT2D eigenvalue weighted by Gasteiger charge is -2.07. The molecule has 28 heavy (non-hydrogen) atoms. The average molecular weight is 383 g/mol. The van der Waals surface area contributed by atoms with Crippen molar-refractivity contribution < 1.29 is 13.9 Å². The minimum atomic E-state index is -0.394. The molecule has 0 radical (unpaired) electrons. The van der Waals surface area contributed by atoms with Gasteiger partial charge in [0.1, 0.15) is 17.9 Å². The summed E-state index contributed by atoms with van der Waals surface area (Å²) < 4.78 is 16.7. The first-order valence-electron chi connectivity index (χ1n) is 10.00. The van der Waals surface area contributed by atoms with Crippen molar-refractivity contribution >= 4 is 11.0 Å². The number of benzene rings is 1. The van der Waals surface area contributed by atoms with E-state index in [1.165, 1.54) is 17.2 Å². The summed E-state index contributed by atoms with van der Waals surface area (Å²) in [5.41, 5.74) is 2.95. The van der Waals surface area contributed by atoms with Crippen molar-refractivity contribution in [1.29, 1.82) is 0 Å². The van der Waals surface area contributed by atoms with E-state index in [0.717, 1.165) is 31.1 Å². The van der Waals surface area contributed by atoms with Gasteiger partial charge in [-0.2, -0.15) is 0 Å². The quantitative estimate of drug-likeness (QED) is 0.312. The van der Waals surface area contributed by atoms with Crippen molar-refractivity contribution in [3.63, 3.8) is 0 Å². The molecule has 1 saturated heterocycles. The Labute approximate surface area is 166 Å². The van der Waals surface area contributed by atoms with E-state index in [1.54, 1.807) is 6.07 Å². The molecule has 2 heterocycles. The molecule has 0 aliphatic carbocycles. The van der Waals surface area contributed by atoms with Gasteiger partial charge >= 0.3 is 5.63 Å². The molecule has 4 heteroatoms. The van der Waals surface area contributed by atoms with Crippen LogP contribution in [-0.2, 0) is 4.74 Å². The van der Waals surface area contributed by atoms with Gasteiger partial charge in [-0.15, -0.1) is 0 Å². The van der Waals surface area contributed by atoms with Crippen LogP contribution in [0.1, 0.15) is 53.4 Å². The molecule has 0 bridgehead atoms. The van der Waals surface area contributed by atoms with Crippen LogP contribution in [0.5, 0.6) is 5.75 Å². The lowest BCUT2D eigenvalue weighted by atomic mass is 10.0. The van der Waals surface area contributed by atoms with Crippen LogP contribution in [0.3, 0.4) is 0 Å². The van der Waals surface area contributed by atoms with Crippen LogP contribution in [0, 0.1) is 0 Å². The van der Waals surface area contributed by atoms with Gasteiger partial charge in [0.05, 0.1) is 23.2 Å². The number of allylic oxidation sites excluding steroid dienone is 3. The predicted octanol–water partition coefficient (Wildman–Crippen LogP) is 5.80. The lowest BCUT2D eigenvalue weighted by Crippen LogP contribution is -2.02. The molecular weight excluding hydrogens is 352 g/mol. The van der Waals surface area contributed by atoms with Crippen molar-refractivity contribution in [2.75, 3.05) is 6.61 Å². The molecule has 2 aromatic rings. The Morgan fingerprint density at radius 2 is 1.86 bits per heavy atom. The van der Waals surface area contributed by atoms with Crippen molar-refractivity contribution in [3.8, 4) is 5.75 Å². The summed E-state index contributed by atoms with van der Waals surface area (Å²) in [5, 5.41) is 0.814. The number of hydrogen-bond acceptors (Lipinski definition) is 4.